The van der Waals surface area contributed by atoms with Crippen LogP contribution in [-0.4, -0.2) is 55.1 Å². The second-order valence-electron chi connectivity index (χ2n) is 6.78. The number of benzene rings is 2. The van der Waals surface area contributed by atoms with Crippen molar-refractivity contribution >= 4 is 34.6 Å². The first kappa shape index (κ1) is 20.9. The molecule has 154 valence electrons. The van der Waals surface area contributed by atoms with E-state index in [2.05, 4.69) is 15.1 Å². The van der Waals surface area contributed by atoms with Crippen LogP contribution < -0.4 is 15.0 Å². The summed E-state index contributed by atoms with van der Waals surface area (Å²) in [6.45, 7) is 4.65. The Balaban J connectivity index is 1.63. The maximum atomic E-state index is 12.7. The molecule has 0 aromatic heterocycles. The van der Waals surface area contributed by atoms with Crippen LogP contribution in [0.15, 0.2) is 42.5 Å². The maximum absolute atomic E-state index is 12.7. The first-order chi connectivity index (χ1) is 13.9. The van der Waals surface area contributed by atoms with Gasteiger partial charge in [0.15, 0.2) is 0 Å². The van der Waals surface area contributed by atoms with Gasteiger partial charge in [0.05, 0.1) is 34.9 Å². The largest absolute Gasteiger partial charge is 0.496 e. The topological polar surface area (TPSA) is 88.0 Å². The Morgan fingerprint density at radius 2 is 1.90 bits per heavy atom. The van der Waals surface area contributed by atoms with Crippen molar-refractivity contribution in [2.24, 2.45) is 0 Å². The summed E-state index contributed by atoms with van der Waals surface area (Å²) < 4.78 is 5.02. The van der Waals surface area contributed by atoms with Crippen LogP contribution in [-0.2, 0) is 4.79 Å². The number of rotatable bonds is 6. The van der Waals surface area contributed by atoms with Crippen molar-refractivity contribution in [1.82, 2.24) is 4.90 Å². The summed E-state index contributed by atoms with van der Waals surface area (Å²) in [5.41, 5.74) is 0.940. The molecule has 1 fully saturated rings. The summed E-state index contributed by atoms with van der Waals surface area (Å²) in [6.07, 6.45) is 0. The zero-order valence-corrected chi connectivity index (χ0v) is 17.1. The number of nitrogens with zero attached hydrogens (tertiary/aromatic N) is 3. The van der Waals surface area contributed by atoms with E-state index in [0.29, 0.717) is 23.9 Å². The number of hydrogen-bond donors (Lipinski definition) is 1. The molecule has 2 aromatic rings. The van der Waals surface area contributed by atoms with Gasteiger partial charge in [-0.2, -0.15) is 0 Å². The fourth-order valence-corrected chi connectivity index (χ4v) is 3.61. The lowest BCUT2D eigenvalue weighted by atomic mass is 10.2. The lowest BCUT2D eigenvalue weighted by molar-refractivity contribution is -0.384. The number of piperazine rings is 1. The summed E-state index contributed by atoms with van der Waals surface area (Å²) in [7, 11) is 1.43. The predicted octanol–water partition coefficient (Wildman–Crippen LogP) is 3.41. The van der Waals surface area contributed by atoms with Crippen LogP contribution in [0.25, 0.3) is 0 Å². The normalized spacial score (nSPS) is 15.6. The molecule has 0 spiro atoms. The molecule has 1 amide bonds. The number of nitro groups is 1. The lowest BCUT2D eigenvalue weighted by Gasteiger charge is -2.38. The summed E-state index contributed by atoms with van der Waals surface area (Å²) in [6, 6.07) is 11.6. The molecular weight excluding hydrogens is 396 g/mol. The van der Waals surface area contributed by atoms with E-state index < -0.39 is 11.0 Å². The number of methoxy groups -OCH3 is 1. The zero-order valence-electron chi connectivity index (χ0n) is 16.3. The molecule has 8 nitrogen and oxygen atoms in total. The van der Waals surface area contributed by atoms with Crippen molar-refractivity contribution in [3.05, 3.63) is 57.6 Å². The highest BCUT2D eigenvalue weighted by atomic mass is 35.5. The molecule has 0 aliphatic carbocycles. The number of halogens is 1. The number of nitro benzene ring substituents is 1. The average Bonchev–Trinajstić information content (AvgIpc) is 2.73. The van der Waals surface area contributed by atoms with Gasteiger partial charge in [-0.05, 0) is 31.2 Å². The Hall–Kier alpha value is -2.84. The van der Waals surface area contributed by atoms with Crippen molar-refractivity contribution in [3.63, 3.8) is 0 Å². The van der Waals surface area contributed by atoms with Gasteiger partial charge in [0.25, 0.3) is 5.69 Å². The summed E-state index contributed by atoms with van der Waals surface area (Å²) >= 11 is 6.28. The van der Waals surface area contributed by atoms with Gasteiger partial charge in [-0.25, -0.2) is 0 Å². The van der Waals surface area contributed by atoms with Crippen molar-refractivity contribution in [2.45, 2.75) is 13.0 Å². The van der Waals surface area contributed by atoms with Gasteiger partial charge < -0.3 is 15.0 Å². The summed E-state index contributed by atoms with van der Waals surface area (Å²) in [5, 5.41) is 14.7. The molecule has 1 N–H and O–H groups in total. The second-order valence-corrected chi connectivity index (χ2v) is 7.19. The van der Waals surface area contributed by atoms with Crippen molar-refractivity contribution in [2.75, 3.05) is 43.5 Å². The second kappa shape index (κ2) is 9.11. The van der Waals surface area contributed by atoms with Crippen LogP contribution in [0, 0.1) is 10.1 Å². The number of hydrogen-bond acceptors (Lipinski definition) is 6. The average molecular weight is 419 g/mol. The molecule has 0 bridgehead atoms. The molecule has 1 saturated heterocycles. The molecule has 0 radical (unpaired) electrons. The van der Waals surface area contributed by atoms with Gasteiger partial charge in [0, 0.05) is 26.2 Å². The predicted molar refractivity (Wildman–Crippen MR) is 113 cm³/mol. The van der Waals surface area contributed by atoms with E-state index in [1.54, 1.807) is 13.0 Å². The molecule has 1 aliphatic rings. The highest BCUT2D eigenvalue weighted by molar-refractivity contribution is 6.33. The third kappa shape index (κ3) is 4.78. The van der Waals surface area contributed by atoms with Gasteiger partial charge >= 0.3 is 0 Å². The Morgan fingerprint density at radius 3 is 2.52 bits per heavy atom. The molecular formula is C20H23ClN4O4. The van der Waals surface area contributed by atoms with Gasteiger partial charge in [0.1, 0.15) is 11.4 Å². The number of anilines is 2. The fourth-order valence-electron chi connectivity index (χ4n) is 3.36. The molecule has 0 saturated carbocycles. The number of para-hydroxylation sites is 1. The van der Waals surface area contributed by atoms with Crippen LogP contribution in [0.5, 0.6) is 5.75 Å². The zero-order chi connectivity index (χ0) is 21.0. The monoisotopic (exact) mass is 418 g/mol. The highest BCUT2D eigenvalue weighted by Crippen LogP contribution is 2.30. The minimum Gasteiger partial charge on any atom is -0.496 e. The summed E-state index contributed by atoms with van der Waals surface area (Å²) in [5.74, 6) is 0.0721. The van der Waals surface area contributed by atoms with Gasteiger partial charge in [-0.1, -0.05) is 23.7 Å². The minimum atomic E-state index is -0.537. The third-order valence-corrected chi connectivity index (χ3v) is 5.41. The first-order valence-corrected chi connectivity index (χ1v) is 9.65. The van der Waals surface area contributed by atoms with Crippen LogP contribution >= 0.6 is 11.6 Å². The standard InChI is InChI=1S/C20H23ClN4O4/c1-14(20(26)22-17-8-7-15(29-2)13-19(17)25(27)28)23-9-11-24(12-10-23)18-6-4-3-5-16(18)21/h3-8,13-14H,9-12H2,1-2H3,(H,22,26)/t14-/m1/s1. The molecule has 29 heavy (non-hydrogen) atoms. The maximum Gasteiger partial charge on any atom is 0.296 e. The van der Waals surface area contributed by atoms with Gasteiger partial charge in [-0.3, -0.25) is 19.8 Å². The molecule has 1 aliphatic heterocycles. The SMILES string of the molecule is COc1ccc(NC(=O)[C@@H](C)N2CCN(c3ccccc3Cl)CC2)c([N+](=O)[O-])c1. The van der Waals surface area contributed by atoms with Crippen LogP contribution in [0.1, 0.15) is 6.92 Å². The van der Waals surface area contributed by atoms with Gasteiger partial charge in [0.2, 0.25) is 5.91 Å². The van der Waals surface area contributed by atoms with Crippen molar-refractivity contribution < 1.29 is 14.5 Å². The van der Waals surface area contributed by atoms with E-state index in [4.69, 9.17) is 16.3 Å². The van der Waals surface area contributed by atoms with Crippen LogP contribution in [0.2, 0.25) is 5.02 Å². The van der Waals surface area contributed by atoms with Crippen molar-refractivity contribution in [1.29, 1.82) is 0 Å². The lowest BCUT2D eigenvalue weighted by Crippen LogP contribution is -2.52. The third-order valence-electron chi connectivity index (χ3n) is 5.09. The first-order valence-electron chi connectivity index (χ1n) is 9.27. The van der Waals surface area contributed by atoms with E-state index in [0.717, 1.165) is 18.8 Å². The fraction of sp³-hybridized carbons (Fsp3) is 0.350. The number of nitrogens with one attached hydrogen (secondary N) is 1. The minimum absolute atomic E-state index is 0.155. The molecule has 1 atom stereocenters. The number of amides is 1. The molecule has 1 heterocycles. The van der Waals surface area contributed by atoms with E-state index in [-0.39, 0.29) is 17.3 Å². The van der Waals surface area contributed by atoms with Crippen LogP contribution in [0.3, 0.4) is 0 Å². The Kier molecular flexibility index (Phi) is 6.56. The Labute approximate surface area is 174 Å². The van der Waals surface area contributed by atoms with E-state index in [1.165, 1.54) is 19.2 Å². The molecule has 2 aromatic carbocycles. The molecule has 3 rings (SSSR count). The van der Waals surface area contributed by atoms with Gasteiger partial charge in [-0.15, -0.1) is 0 Å². The Morgan fingerprint density at radius 1 is 1.21 bits per heavy atom. The molecule has 0 unspecified atom stereocenters. The highest BCUT2D eigenvalue weighted by Gasteiger charge is 2.27. The summed E-state index contributed by atoms with van der Waals surface area (Å²) in [4.78, 5) is 27.7. The quantitative estimate of drug-likeness (QED) is 0.571. The van der Waals surface area contributed by atoms with E-state index >= 15 is 0 Å². The number of carbonyl (C=O) groups is 1. The van der Waals surface area contributed by atoms with E-state index in [9.17, 15) is 14.9 Å². The smallest absolute Gasteiger partial charge is 0.296 e. The number of ether oxygens (including phenoxy) is 1. The van der Waals surface area contributed by atoms with Crippen LogP contribution in [0.4, 0.5) is 17.1 Å². The number of carbonyl (C=O) groups excluding carboxylic acids is 1. The van der Waals surface area contributed by atoms with Crippen molar-refractivity contribution in [3.8, 4) is 5.75 Å². The molecule has 9 heteroatoms. The Bertz CT molecular complexity index is 900. The van der Waals surface area contributed by atoms with E-state index in [1.807, 2.05) is 24.3 Å².